The van der Waals surface area contributed by atoms with Crippen molar-refractivity contribution in [3.63, 3.8) is 0 Å². The molecule has 2 atom stereocenters. The number of thiocarbonyl (C=S) groups is 1. The zero-order valence-corrected chi connectivity index (χ0v) is 13.8. The normalized spacial score (nSPS) is 20.4. The molecule has 1 aromatic rings. The summed E-state index contributed by atoms with van der Waals surface area (Å²) in [7, 11) is -3.58. The topological polar surface area (TPSA) is 81.4 Å². The molecule has 0 saturated carbocycles. The van der Waals surface area contributed by atoms with E-state index in [0.29, 0.717) is 12.2 Å². The van der Waals surface area contributed by atoms with Gasteiger partial charge >= 0.3 is 0 Å². The van der Waals surface area contributed by atoms with Gasteiger partial charge in [0.05, 0.1) is 11.0 Å². The van der Waals surface area contributed by atoms with Gasteiger partial charge in [-0.15, -0.1) is 0 Å². The van der Waals surface area contributed by atoms with Crippen LogP contribution < -0.4 is 10.5 Å². The summed E-state index contributed by atoms with van der Waals surface area (Å²) in [5, 5.41) is 0. The highest BCUT2D eigenvalue weighted by Gasteiger charge is 2.27. The summed E-state index contributed by atoms with van der Waals surface area (Å²) in [5.74, 6) is 0. The van der Waals surface area contributed by atoms with Crippen LogP contribution in [-0.2, 0) is 14.8 Å². The van der Waals surface area contributed by atoms with Crippen LogP contribution in [0.4, 0.5) is 0 Å². The van der Waals surface area contributed by atoms with Crippen molar-refractivity contribution in [3.8, 4) is 0 Å². The van der Waals surface area contributed by atoms with Crippen LogP contribution in [0.3, 0.4) is 0 Å². The molecule has 0 amide bonds. The van der Waals surface area contributed by atoms with E-state index in [9.17, 15) is 8.42 Å². The Hall–Kier alpha value is -1.02. The van der Waals surface area contributed by atoms with Crippen molar-refractivity contribution in [2.75, 3.05) is 6.61 Å². The third-order valence-corrected chi connectivity index (χ3v) is 5.41. The van der Waals surface area contributed by atoms with Gasteiger partial charge in [0.15, 0.2) is 0 Å². The Morgan fingerprint density at radius 3 is 2.76 bits per heavy atom. The van der Waals surface area contributed by atoms with Gasteiger partial charge < -0.3 is 10.5 Å². The van der Waals surface area contributed by atoms with Crippen molar-refractivity contribution in [3.05, 3.63) is 29.3 Å². The van der Waals surface area contributed by atoms with Gasteiger partial charge in [-0.2, -0.15) is 0 Å². The van der Waals surface area contributed by atoms with E-state index in [4.69, 9.17) is 22.7 Å². The lowest BCUT2D eigenvalue weighted by Gasteiger charge is -2.20. The standard InChI is InChI=1S/C14H20N2O3S2/c1-9-8-11(5-6-12(9)14(15)20)21(17,18)16-10(2)13-4-3-7-19-13/h5-6,8,10,13,16H,3-4,7H2,1-2H3,(H2,15,20). The second-order valence-electron chi connectivity index (χ2n) is 5.30. The zero-order valence-electron chi connectivity index (χ0n) is 12.1. The van der Waals surface area contributed by atoms with Crippen LogP contribution in [0.2, 0.25) is 0 Å². The highest BCUT2D eigenvalue weighted by atomic mass is 32.2. The molecular weight excluding hydrogens is 308 g/mol. The highest BCUT2D eigenvalue weighted by molar-refractivity contribution is 7.89. The minimum Gasteiger partial charge on any atom is -0.389 e. The van der Waals surface area contributed by atoms with Gasteiger partial charge in [-0.3, -0.25) is 0 Å². The lowest BCUT2D eigenvalue weighted by molar-refractivity contribution is 0.0902. The van der Waals surface area contributed by atoms with Crippen molar-refractivity contribution in [1.29, 1.82) is 0 Å². The van der Waals surface area contributed by atoms with Gasteiger partial charge in [0.2, 0.25) is 10.0 Å². The highest BCUT2D eigenvalue weighted by Crippen LogP contribution is 2.19. The first kappa shape index (κ1) is 16.4. The van der Waals surface area contributed by atoms with E-state index in [1.807, 2.05) is 6.92 Å². The predicted octanol–water partition coefficient (Wildman–Crippen LogP) is 1.48. The molecule has 7 heteroatoms. The van der Waals surface area contributed by atoms with E-state index in [0.717, 1.165) is 18.4 Å². The molecule has 1 aromatic carbocycles. The Balaban J connectivity index is 2.19. The molecule has 1 aliphatic rings. The van der Waals surface area contributed by atoms with E-state index in [2.05, 4.69) is 4.72 Å². The first-order valence-electron chi connectivity index (χ1n) is 6.85. The number of nitrogens with two attached hydrogens (primary N) is 1. The maximum Gasteiger partial charge on any atom is 0.240 e. The molecular formula is C14H20N2O3S2. The van der Waals surface area contributed by atoms with Crippen LogP contribution in [0.25, 0.3) is 0 Å². The predicted molar refractivity (Wildman–Crippen MR) is 85.8 cm³/mol. The number of aryl methyl sites for hydroxylation is 1. The molecule has 1 fully saturated rings. The molecule has 0 bridgehead atoms. The van der Waals surface area contributed by atoms with Crippen LogP contribution in [0.1, 0.15) is 30.9 Å². The third-order valence-electron chi connectivity index (χ3n) is 3.64. The van der Waals surface area contributed by atoms with E-state index in [1.54, 1.807) is 19.1 Å². The van der Waals surface area contributed by atoms with Gasteiger partial charge in [0.25, 0.3) is 0 Å². The summed E-state index contributed by atoms with van der Waals surface area (Å²) in [6, 6.07) is 4.49. The molecule has 1 heterocycles. The summed E-state index contributed by atoms with van der Waals surface area (Å²) in [6.45, 7) is 4.30. The van der Waals surface area contributed by atoms with Crippen molar-refractivity contribution in [2.24, 2.45) is 5.73 Å². The second-order valence-corrected chi connectivity index (χ2v) is 7.46. The van der Waals surface area contributed by atoms with Crippen LogP contribution in [0.15, 0.2) is 23.1 Å². The van der Waals surface area contributed by atoms with Crippen LogP contribution >= 0.6 is 12.2 Å². The fourth-order valence-electron chi connectivity index (χ4n) is 2.47. The molecule has 0 radical (unpaired) electrons. The average Bonchev–Trinajstić information content (AvgIpc) is 2.91. The average molecular weight is 328 g/mol. The number of ether oxygens (including phenoxy) is 1. The molecule has 21 heavy (non-hydrogen) atoms. The van der Waals surface area contributed by atoms with E-state index < -0.39 is 10.0 Å². The van der Waals surface area contributed by atoms with Gasteiger partial charge in [-0.1, -0.05) is 18.3 Å². The second kappa shape index (κ2) is 6.39. The zero-order chi connectivity index (χ0) is 15.6. The fraction of sp³-hybridized carbons (Fsp3) is 0.500. The summed E-state index contributed by atoms with van der Waals surface area (Å²) >= 11 is 4.92. The van der Waals surface area contributed by atoms with Gasteiger partial charge in [-0.05, 0) is 44.4 Å². The fourth-order valence-corrected chi connectivity index (χ4v) is 4.05. The Bertz CT molecular complexity index is 638. The number of benzene rings is 1. The molecule has 0 spiro atoms. The summed E-state index contributed by atoms with van der Waals surface area (Å²) in [4.78, 5) is 0.474. The molecule has 2 rings (SSSR count). The molecule has 1 saturated heterocycles. The molecule has 0 aromatic heterocycles. The lowest BCUT2D eigenvalue weighted by atomic mass is 10.1. The van der Waals surface area contributed by atoms with E-state index in [-0.39, 0.29) is 22.0 Å². The minimum absolute atomic E-state index is 0.0586. The molecule has 3 N–H and O–H groups in total. The molecule has 2 unspecified atom stereocenters. The Morgan fingerprint density at radius 2 is 2.24 bits per heavy atom. The van der Waals surface area contributed by atoms with Crippen molar-refractivity contribution < 1.29 is 13.2 Å². The van der Waals surface area contributed by atoms with Crippen LogP contribution in [0, 0.1) is 6.92 Å². The first-order valence-corrected chi connectivity index (χ1v) is 8.75. The lowest BCUT2D eigenvalue weighted by Crippen LogP contribution is -2.40. The minimum atomic E-state index is -3.58. The monoisotopic (exact) mass is 328 g/mol. The number of hydrogen-bond acceptors (Lipinski definition) is 4. The number of sulfonamides is 1. The summed E-state index contributed by atoms with van der Waals surface area (Å²) < 4.78 is 33.0. The number of rotatable bonds is 5. The van der Waals surface area contributed by atoms with Gasteiger partial charge in [0, 0.05) is 18.2 Å². The maximum atomic E-state index is 12.4. The first-order chi connectivity index (χ1) is 9.81. The smallest absolute Gasteiger partial charge is 0.240 e. The van der Waals surface area contributed by atoms with Crippen molar-refractivity contribution in [2.45, 2.75) is 43.7 Å². The van der Waals surface area contributed by atoms with Crippen LogP contribution in [-0.4, -0.2) is 32.2 Å². The Kier molecular flexibility index (Phi) is 4.98. The van der Waals surface area contributed by atoms with Gasteiger partial charge in [-0.25, -0.2) is 13.1 Å². The van der Waals surface area contributed by atoms with Crippen molar-refractivity contribution >= 4 is 27.2 Å². The van der Waals surface area contributed by atoms with E-state index >= 15 is 0 Å². The van der Waals surface area contributed by atoms with Crippen LogP contribution in [0.5, 0.6) is 0 Å². The molecule has 1 aliphatic heterocycles. The molecule has 0 aliphatic carbocycles. The SMILES string of the molecule is Cc1cc(S(=O)(=O)NC(C)C2CCCO2)ccc1C(N)=S. The molecule has 5 nitrogen and oxygen atoms in total. The number of nitrogens with one attached hydrogen (secondary N) is 1. The number of hydrogen-bond donors (Lipinski definition) is 2. The third kappa shape index (κ3) is 3.79. The molecule has 116 valence electrons. The largest absolute Gasteiger partial charge is 0.389 e. The summed E-state index contributed by atoms with van der Waals surface area (Å²) in [6.07, 6.45) is 1.79. The Morgan fingerprint density at radius 1 is 1.52 bits per heavy atom. The van der Waals surface area contributed by atoms with Gasteiger partial charge in [0.1, 0.15) is 4.99 Å². The van der Waals surface area contributed by atoms with E-state index in [1.165, 1.54) is 6.07 Å². The van der Waals surface area contributed by atoms with Crippen molar-refractivity contribution in [1.82, 2.24) is 4.72 Å². The quantitative estimate of drug-likeness (QED) is 0.800. The maximum absolute atomic E-state index is 12.4. The Labute approximate surface area is 130 Å². The summed E-state index contributed by atoms with van der Waals surface area (Å²) in [5.41, 5.74) is 7.02.